The Labute approximate surface area is 82.8 Å². The minimum Gasteiger partial charge on any atom is -0.468 e. The maximum Gasteiger partial charge on any atom is 0.325 e. The van der Waals surface area contributed by atoms with Gasteiger partial charge in [-0.3, -0.25) is 9.59 Å². The Hall–Kier alpha value is -1.11. The van der Waals surface area contributed by atoms with Crippen LogP contribution in [0.4, 0.5) is 0 Å². The molecule has 0 bridgehead atoms. The van der Waals surface area contributed by atoms with E-state index in [0.29, 0.717) is 0 Å². The number of carbonyl (C=O) groups excluding carboxylic acids is 2. The number of esters is 1. The molecular weight excluding hydrogens is 210 g/mol. The molecule has 0 heterocycles. The predicted octanol–water partition coefficient (Wildman–Crippen LogP) is -1.34. The Balaban J connectivity index is 4.21. The monoisotopic (exact) mass is 223 g/mol. The lowest BCUT2D eigenvalue weighted by atomic mass is 10.5. The Bertz CT molecular complexity index is 321. The molecule has 0 aliphatic heterocycles. The smallest absolute Gasteiger partial charge is 0.325 e. The van der Waals surface area contributed by atoms with Crippen LogP contribution in [0.3, 0.4) is 0 Å². The summed E-state index contributed by atoms with van der Waals surface area (Å²) < 4.78 is 25.8. The number of carbonyl (C=O) groups is 2. The van der Waals surface area contributed by atoms with Crippen LogP contribution in [-0.4, -0.2) is 57.9 Å². The summed E-state index contributed by atoms with van der Waals surface area (Å²) in [6.45, 7) is -0.245. The van der Waals surface area contributed by atoms with Crippen molar-refractivity contribution >= 4 is 21.7 Å². The minimum absolute atomic E-state index is 0.245. The van der Waals surface area contributed by atoms with E-state index in [2.05, 4.69) is 4.74 Å². The largest absolute Gasteiger partial charge is 0.468 e. The highest BCUT2D eigenvalue weighted by Crippen LogP contribution is 1.91. The van der Waals surface area contributed by atoms with Gasteiger partial charge >= 0.3 is 5.97 Å². The van der Waals surface area contributed by atoms with Crippen molar-refractivity contribution in [3.05, 3.63) is 0 Å². The maximum absolute atomic E-state index is 11.1. The molecule has 0 saturated carbocycles. The number of likely N-dealkylation sites (N-methyl/N-ethyl adjacent to an activating group) is 1. The molecule has 0 atom stereocenters. The summed E-state index contributed by atoms with van der Waals surface area (Å²) in [5, 5.41) is 0. The zero-order valence-electron chi connectivity index (χ0n) is 8.31. The van der Waals surface area contributed by atoms with Gasteiger partial charge in [-0.25, -0.2) is 8.42 Å². The summed E-state index contributed by atoms with van der Waals surface area (Å²) in [5.41, 5.74) is 0. The molecule has 82 valence electrons. The highest BCUT2D eigenvalue weighted by molar-refractivity contribution is 7.91. The van der Waals surface area contributed by atoms with E-state index in [9.17, 15) is 18.0 Å². The first-order valence-corrected chi connectivity index (χ1v) is 5.81. The molecule has 14 heavy (non-hydrogen) atoms. The van der Waals surface area contributed by atoms with Crippen LogP contribution in [0.15, 0.2) is 0 Å². The van der Waals surface area contributed by atoms with Gasteiger partial charge in [-0.05, 0) is 0 Å². The molecule has 0 radical (unpaired) electrons. The second-order valence-electron chi connectivity index (χ2n) is 2.90. The average Bonchev–Trinajstić information content (AvgIpc) is 2.00. The van der Waals surface area contributed by atoms with E-state index in [1.807, 2.05) is 0 Å². The summed E-state index contributed by atoms with van der Waals surface area (Å²) in [5.74, 6) is -1.81. The number of hydrogen-bond donors (Lipinski definition) is 0. The number of amides is 1. The SMILES string of the molecule is COC(=O)CN(C)C(=O)CS(C)(=O)=O. The summed E-state index contributed by atoms with van der Waals surface area (Å²) in [4.78, 5) is 22.9. The molecule has 0 saturated heterocycles. The number of nitrogens with zero attached hydrogens (tertiary/aromatic N) is 1. The van der Waals surface area contributed by atoms with E-state index in [4.69, 9.17) is 0 Å². The number of hydrogen-bond acceptors (Lipinski definition) is 5. The van der Waals surface area contributed by atoms with Gasteiger partial charge in [0.2, 0.25) is 5.91 Å². The molecular formula is C7H13NO5S. The van der Waals surface area contributed by atoms with Gasteiger partial charge in [-0.15, -0.1) is 0 Å². The summed E-state index contributed by atoms with van der Waals surface area (Å²) in [6.07, 6.45) is 0.955. The van der Waals surface area contributed by atoms with Gasteiger partial charge in [-0.1, -0.05) is 0 Å². The minimum atomic E-state index is -3.35. The highest BCUT2D eigenvalue weighted by Gasteiger charge is 2.17. The first kappa shape index (κ1) is 12.9. The topological polar surface area (TPSA) is 80.8 Å². The van der Waals surface area contributed by atoms with E-state index < -0.39 is 27.5 Å². The van der Waals surface area contributed by atoms with Gasteiger partial charge in [0.1, 0.15) is 12.3 Å². The van der Waals surface area contributed by atoms with Crippen LogP contribution >= 0.6 is 0 Å². The fourth-order valence-corrected chi connectivity index (χ4v) is 1.35. The van der Waals surface area contributed by atoms with Crippen LogP contribution in [0.2, 0.25) is 0 Å². The Kier molecular flexibility index (Phi) is 4.55. The predicted molar refractivity (Wildman–Crippen MR) is 49.4 cm³/mol. The van der Waals surface area contributed by atoms with Crippen molar-refractivity contribution in [1.29, 1.82) is 0 Å². The molecule has 0 spiro atoms. The number of rotatable bonds is 4. The lowest BCUT2D eigenvalue weighted by Crippen LogP contribution is -2.36. The van der Waals surface area contributed by atoms with Gasteiger partial charge < -0.3 is 9.64 Å². The van der Waals surface area contributed by atoms with Crippen molar-refractivity contribution in [1.82, 2.24) is 4.90 Å². The summed E-state index contributed by atoms with van der Waals surface area (Å²) >= 11 is 0. The van der Waals surface area contributed by atoms with Crippen LogP contribution in [0.25, 0.3) is 0 Å². The van der Waals surface area contributed by atoms with Crippen molar-refractivity contribution in [3.8, 4) is 0 Å². The van der Waals surface area contributed by atoms with Gasteiger partial charge in [0.05, 0.1) is 7.11 Å². The molecule has 0 N–H and O–H groups in total. The molecule has 0 fully saturated rings. The summed E-state index contributed by atoms with van der Waals surface area (Å²) in [6, 6.07) is 0. The van der Waals surface area contributed by atoms with Gasteiger partial charge in [-0.2, -0.15) is 0 Å². The Morgan fingerprint density at radius 2 is 1.86 bits per heavy atom. The second kappa shape index (κ2) is 4.94. The zero-order chi connectivity index (χ0) is 11.4. The fraction of sp³-hybridized carbons (Fsp3) is 0.714. The molecule has 0 aliphatic carbocycles. The van der Waals surface area contributed by atoms with E-state index in [-0.39, 0.29) is 6.54 Å². The molecule has 0 aromatic rings. The fourth-order valence-electron chi connectivity index (χ4n) is 0.681. The van der Waals surface area contributed by atoms with Gasteiger partial charge in [0, 0.05) is 13.3 Å². The van der Waals surface area contributed by atoms with Gasteiger partial charge in [0.25, 0.3) is 0 Å². The van der Waals surface area contributed by atoms with Crippen molar-refractivity contribution in [2.45, 2.75) is 0 Å². The molecule has 0 unspecified atom stereocenters. The molecule has 0 aromatic carbocycles. The quantitative estimate of drug-likeness (QED) is 0.551. The summed E-state index contributed by atoms with van der Waals surface area (Å²) in [7, 11) is -0.825. The lowest BCUT2D eigenvalue weighted by molar-refractivity contribution is -0.145. The molecule has 7 heteroatoms. The Morgan fingerprint density at radius 3 is 2.21 bits per heavy atom. The number of methoxy groups -OCH3 is 1. The molecule has 0 rings (SSSR count). The van der Waals surface area contributed by atoms with Crippen LogP contribution in [0.5, 0.6) is 0 Å². The molecule has 6 nitrogen and oxygen atoms in total. The van der Waals surface area contributed by atoms with E-state index in [0.717, 1.165) is 11.2 Å². The first-order chi connectivity index (χ1) is 6.26. The normalized spacial score (nSPS) is 10.8. The van der Waals surface area contributed by atoms with Crippen molar-refractivity contribution in [2.75, 3.05) is 32.7 Å². The Morgan fingerprint density at radius 1 is 1.36 bits per heavy atom. The van der Waals surface area contributed by atoms with Crippen LogP contribution < -0.4 is 0 Å². The molecule has 0 aliphatic rings. The number of sulfone groups is 1. The third-order valence-electron chi connectivity index (χ3n) is 1.41. The van der Waals surface area contributed by atoms with Crippen LogP contribution in [0, 0.1) is 0 Å². The lowest BCUT2D eigenvalue weighted by Gasteiger charge is -2.14. The van der Waals surface area contributed by atoms with Crippen molar-refractivity contribution in [2.24, 2.45) is 0 Å². The molecule has 1 amide bonds. The van der Waals surface area contributed by atoms with Crippen LogP contribution in [0.1, 0.15) is 0 Å². The third-order valence-corrected chi connectivity index (χ3v) is 2.18. The van der Waals surface area contributed by atoms with Crippen molar-refractivity contribution < 1.29 is 22.7 Å². The molecule has 0 aromatic heterocycles. The number of ether oxygens (including phenoxy) is 1. The highest BCUT2D eigenvalue weighted by atomic mass is 32.2. The maximum atomic E-state index is 11.1. The van der Waals surface area contributed by atoms with E-state index in [1.54, 1.807) is 0 Å². The van der Waals surface area contributed by atoms with E-state index >= 15 is 0 Å². The van der Waals surface area contributed by atoms with Crippen molar-refractivity contribution in [3.63, 3.8) is 0 Å². The second-order valence-corrected chi connectivity index (χ2v) is 5.04. The third kappa shape index (κ3) is 5.52. The average molecular weight is 223 g/mol. The first-order valence-electron chi connectivity index (χ1n) is 3.75. The van der Waals surface area contributed by atoms with E-state index in [1.165, 1.54) is 14.2 Å². The van der Waals surface area contributed by atoms with Gasteiger partial charge in [0.15, 0.2) is 9.84 Å². The standard InChI is InChI=1S/C7H13NO5S/c1-8(4-7(10)13-2)6(9)5-14(3,11)12/h4-5H2,1-3H3. The van der Waals surface area contributed by atoms with Crippen LogP contribution in [-0.2, 0) is 24.2 Å². The zero-order valence-corrected chi connectivity index (χ0v) is 9.13.